The zero-order chi connectivity index (χ0) is 14.1. The van der Waals surface area contributed by atoms with Crippen LogP contribution in [0, 0.1) is 0 Å². The smallest absolute Gasteiger partial charge is 0.0320 e. The van der Waals surface area contributed by atoms with Gasteiger partial charge in [-0.3, -0.25) is 0 Å². The predicted molar refractivity (Wildman–Crippen MR) is 85.8 cm³/mol. The molecule has 0 heterocycles. The molecule has 1 rings (SSSR count). The van der Waals surface area contributed by atoms with E-state index in [0.29, 0.717) is 6.04 Å². The number of rotatable bonds is 9. The topological polar surface area (TPSA) is 12.0 Å². The van der Waals surface area contributed by atoms with Gasteiger partial charge in [0.1, 0.15) is 0 Å². The van der Waals surface area contributed by atoms with Crippen molar-refractivity contribution in [2.24, 2.45) is 0 Å². The molecular weight excluding hydrogens is 230 g/mol. The van der Waals surface area contributed by atoms with Crippen LogP contribution in [0.2, 0.25) is 0 Å². The van der Waals surface area contributed by atoms with Crippen LogP contribution in [0.4, 0.5) is 0 Å². The zero-order valence-electron chi connectivity index (χ0n) is 13.3. The fraction of sp³-hybridized carbons (Fsp3) is 0.667. The molecule has 0 aliphatic rings. The number of hydrogen-bond acceptors (Lipinski definition) is 1. The number of hydrogen-bond donors (Lipinski definition) is 1. The van der Waals surface area contributed by atoms with E-state index < -0.39 is 0 Å². The Balaban J connectivity index is 2.77. The average Bonchev–Trinajstić information content (AvgIpc) is 2.47. The molecule has 1 N–H and O–H groups in total. The molecular formula is C18H31N. The SMILES string of the molecule is CCCCCCC(NC)c1cc(CC)ccc1CC. The van der Waals surface area contributed by atoms with E-state index in [1.807, 2.05) is 0 Å². The quantitative estimate of drug-likeness (QED) is 0.614. The van der Waals surface area contributed by atoms with E-state index in [2.05, 4.69) is 51.3 Å². The van der Waals surface area contributed by atoms with E-state index in [1.165, 1.54) is 48.8 Å². The predicted octanol–water partition coefficient (Wildman–Crippen LogP) is 5.04. The molecule has 0 saturated heterocycles. The molecule has 0 fully saturated rings. The summed E-state index contributed by atoms with van der Waals surface area (Å²) in [5, 5.41) is 3.52. The van der Waals surface area contributed by atoms with Crippen molar-refractivity contribution in [1.29, 1.82) is 0 Å². The lowest BCUT2D eigenvalue weighted by molar-refractivity contribution is 0.502. The van der Waals surface area contributed by atoms with Crippen LogP contribution in [-0.4, -0.2) is 7.05 Å². The fourth-order valence-electron chi connectivity index (χ4n) is 2.74. The maximum absolute atomic E-state index is 3.52. The molecule has 1 aromatic rings. The summed E-state index contributed by atoms with van der Waals surface area (Å²) in [5.74, 6) is 0. The van der Waals surface area contributed by atoms with Crippen LogP contribution in [-0.2, 0) is 12.8 Å². The summed E-state index contributed by atoms with van der Waals surface area (Å²) in [6.45, 7) is 6.77. The van der Waals surface area contributed by atoms with Gasteiger partial charge in [0.2, 0.25) is 0 Å². The molecule has 0 aliphatic carbocycles. The summed E-state index contributed by atoms with van der Waals surface area (Å²) in [4.78, 5) is 0. The highest BCUT2D eigenvalue weighted by Gasteiger charge is 2.13. The van der Waals surface area contributed by atoms with E-state index in [1.54, 1.807) is 0 Å². The molecule has 1 atom stereocenters. The van der Waals surface area contributed by atoms with Gasteiger partial charge in [0.05, 0.1) is 0 Å². The van der Waals surface area contributed by atoms with Crippen LogP contribution < -0.4 is 5.32 Å². The van der Waals surface area contributed by atoms with Crippen molar-refractivity contribution in [1.82, 2.24) is 5.32 Å². The summed E-state index contributed by atoms with van der Waals surface area (Å²) >= 11 is 0. The first-order valence-corrected chi connectivity index (χ1v) is 8.05. The van der Waals surface area contributed by atoms with Gasteiger partial charge in [-0.2, -0.15) is 0 Å². The van der Waals surface area contributed by atoms with Gasteiger partial charge in [0.25, 0.3) is 0 Å². The van der Waals surface area contributed by atoms with Crippen molar-refractivity contribution < 1.29 is 0 Å². The first-order valence-electron chi connectivity index (χ1n) is 8.05. The van der Waals surface area contributed by atoms with E-state index in [0.717, 1.165) is 12.8 Å². The van der Waals surface area contributed by atoms with Gasteiger partial charge in [-0.15, -0.1) is 0 Å². The molecule has 0 radical (unpaired) electrons. The highest BCUT2D eigenvalue weighted by Crippen LogP contribution is 2.25. The van der Waals surface area contributed by atoms with E-state index in [4.69, 9.17) is 0 Å². The Hall–Kier alpha value is -0.820. The number of aryl methyl sites for hydroxylation is 2. The van der Waals surface area contributed by atoms with Gasteiger partial charge >= 0.3 is 0 Å². The summed E-state index contributed by atoms with van der Waals surface area (Å²) in [5.41, 5.74) is 4.49. The Morgan fingerprint density at radius 3 is 2.37 bits per heavy atom. The van der Waals surface area contributed by atoms with E-state index in [-0.39, 0.29) is 0 Å². The summed E-state index contributed by atoms with van der Waals surface area (Å²) in [7, 11) is 2.10. The molecule has 0 amide bonds. The maximum atomic E-state index is 3.52. The largest absolute Gasteiger partial charge is 0.313 e. The third kappa shape index (κ3) is 4.99. The minimum absolute atomic E-state index is 0.526. The van der Waals surface area contributed by atoms with Crippen LogP contribution in [0.5, 0.6) is 0 Å². The highest BCUT2D eigenvalue weighted by molar-refractivity contribution is 5.34. The van der Waals surface area contributed by atoms with Crippen molar-refractivity contribution >= 4 is 0 Å². The third-order valence-electron chi connectivity index (χ3n) is 4.07. The minimum atomic E-state index is 0.526. The standard InChI is InChI=1S/C18H31N/c1-5-8-9-10-11-18(19-4)17-14-15(6-2)12-13-16(17)7-3/h12-14,18-19H,5-11H2,1-4H3. The van der Waals surface area contributed by atoms with Gasteiger partial charge in [0.15, 0.2) is 0 Å². The average molecular weight is 261 g/mol. The minimum Gasteiger partial charge on any atom is -0.313 e. The summed E-state index contributed by atoms with van der Waals surface area (Å²) in [6.07, 6.45) is 8.90. The Kier molecular flexibility index (Phi) is 7.81. The molecule has 0 spiro atoms. The highest BCUT2D eigenvalue weighted by atomic mass is 14.9. The van der Waals surface area contributed by atoms with Crippen LogP contribution in [0.25, 0.3) is 0 Å². The Bertz CT molecular complexity index is 357. The number of benzene rings is 1. The van der Waals surface area contributed by atoms with Crippen molar-refractivity contribution in [3.63, 3.8) is 0 Å². The lowest BCUT2D eigenvalue weighted by Crippen LogP contribution is -2.18. The third-order valence-corrected chi connectivity index (χ3v) is 4.07. The molecule has 0 aliphatic heterocycles. The van der Waals surface area contributed by atoms with Gasteiger partial charge < -0.3 is 5.32 Å². The monoisotopic (exact) mass is 261 g/mol. The van der Waals surface area contributed by atoms with Gasteiger partial charge in [-0.05, 0) is 43.0 Å². The molecule has 1 aromatic carbocycles. The molecule has 0 aromatic heterocycles. The first kappa shape index (κ1) is 16.2. The van der Waals surface area contributed by atoms with Crippen LogP contribution >= 0.6 is 0 Å². The van der Waals surface area contributed by atoms with E-state index in [9.17, 15) is 0 Å². The lowest BCUT2D eigenvalue weighted by atomic mass is 9.92. The molecule has 1 heteroatoms. The second-order valence-electron chi connectivity index (χ2n) is 5.43. The number of nitrogens with one attached hydrogen (secondary N) is 1. The molecule has 0 saturated carbocycles. The van der Waals surface area contributed by atoms with Crippen molar-refractivity contribution in [2.75, 3.05) is 7.05 Å². The second kappa shape index (κ2) is 9.14. The summed E-state index contributed by atoms with van der Waals surface area (Å²) < 4.78 is 0. The van der Waals surface area contributed by atoms with Crippen molar-refractivity contribution in [3.8, 4) is 0 Å². The normalized spacial score (nSPS) is 12.6. The lowest BCUT2D eigenvalue weighted by Gasteiger charge is -2.21. The molecule has 1 unspecified atom stereocenters. The van der Waals surface area contributed by atoms with Crippen LogP contribution in [0.1, 0.15) is 75.6 Å². The molecule has 19 heavy (non-hydrogen) atoms. The van der Waals surface area contributed by atoms with Crippen LogP contribution in [0.3, 0.4) is 0 Å². The van der Waals surface area contributed by atoms with Gasteiger partial charge in [-0.1, -0.05) is 64.7 Å². The Morgan fingerprint density at radius 1 is 1.00 bits per heavy atom. The zero-order valence-corrected chi connectivity index (χ0v) is 13.3. The summed E-state index contributed by atoms with van der Waals surface area (Å²) in [6, 6.07) is 7.55. The van der Waals surface area contributed by atoms with Gasteiger partial charge in [-0.25, -0.2) is 0 Å². The first-order chi connectivity index (χ1) is 9.26. The second-order valence-corrected chi connectivity index (χ2v) is 5.43. The molecule has 1 nitrogen and oxygen atoms in total. The Labute approximate surface area is 119 Å². The van der Waals surface area contributed by atoms with Crippen molar-refractivity contribution in [3.05, 3.63) is 34.9 Å². The molecule has 0 bridgehead atoms. The van der Waals surface area contributed by atoms with Gasteiger partial charge in [0, 0.05) is 6.04 Å². The number of unbranched alkanes of at least 4 members (excludes halogenated alkanes) is 3. The molecule has 108 valence electrons. The maximum Gasteiger partial charge on any atom is 0.0320 e. The van der Waals surface area contributed by atoms with E-state index >= 15 is 0 Å². The van der Waals surface area contributed by atoms with Crippen LogP contribution in [0.15, 0.2) is 18.2 Å². The fourth-order valence-corrected chi connectivity index (χ4v) is 2.74. The van der Waals surface area contributed by atoms with Crippen molar-refractivity contribution in [2.45, 2.75) is 71.8 Å². The Morgan fingerprint density at radius 2 is 1.79 bits per heavy atom.